The van der Waals surface area contributed by atoms with Gasteiger partial charge < -0.3 is 14.2 Å². The molecule has 0 radical (unpaired) electrons. The molecule has 30 heavy (non-hydrogen) atoms. The lowest BCUT2D eigenvalue weighted by Crippen LogP contribution is -2.32. The minimum absolute atomic E-state index is 0.00388. The highest BCUT2D eigenvalue weighted by Gasteiger charge is 2.32. The molecule has 0 aliphatic rings. The molecular weight excluding hydrogens is 372 g/mol. The van der Waals surface area contributed by atoms with Gasteiger partial charge in [-0.05, 0) is 60.4 Å². The standard InChI is InChI=1S/C27H32O3/c1-5-25(20-12-16-22(28-3)17-13-20)27(30-24-10-8-7-9-11-24)26(6-2)21-14-18-23(29-4)19-15-21/h7-19,25-27H,5-6H2,1-4H3. The van der Waals surface area contributed by atoms with Crippen molar-refractivity contribution in [3.63, 3.8) is 0 Å². The fourth-order valence-electron chi connectivity index (χ4n) is 4.12. The molecule has 3 heteroatoms. The smallest absolute Gasteiger partial charge is 0.119 e. The molecule has 3 aromatic rings. The number of para-hydroxylation sites is 1. The van der Waals surface area contributed by atoms with E-state index >= 15 is 0 Å². The van der Waals surface area contributed by atoms with Crippen molar-refractivity contribution in [3.8, 4) is 17.2 Å². The first-order valence-corrected chi connectivity index (χ1v) is 10.7. The van der Waals surface area contributed by atoms with E-state index in [0.717, 1.165) is 30.1 Å². The van der Waals surface area contributed by atoms with Crippen molar-refractivity contribution in [2.45, 2.75) is 44.6 Å². The molecule has 2 unspecified atom stereocenters. The second-order valence-corrected chi connectivity index (χ2v) is 7.47. The van der Waals surface area contributed by atoms with E-state index in [2.05, 4.69) is 38.1 Å². The third-order valence-corrected chi connectivity index (χ3v) is 5.78. The molecule has 0 saturated heterocycles. The van der Waals surface area contributed by atoms with Gasteiger partial charge in [-0.15, -0.1) is 0 Å². The predicted octanol–water partition coefficient (Wildman–Crippen LogP) is 6.84. The summed E-state index contributed by atoms with van der Waals surface area (Å²) in [7, 11) is 3.40. The summed E-state index contributed by atoms with van der Waals surface area (Å²) in [6.07, 6.45) is 1.97. The quantitative estimate of drug-likeness (QED) is 0.370. The van der Waals surface area contributed by atoms with Gasteiger partial charge in [0.2, 0.25) is 0 Å². The van der Waals surface area contributed by atoms with E-state index in [9.17, 15) is 0 Å². The van der Waals surface area contributed by atoms with Crippen molar-refractivity contribution in [3.05, 3.63) is 90.0 Å². The summed E-state index contributed by atoms with van der Waals surface area (Å²) >= 11 is 0. The van der Waals surface area contributed by atoms with Crippen LogP contribution in [-0.2, 0) is 0 Å². The van der Waals surface area contributed by atoms with E-state index in [1.54, 1.807) is 14.2 Å². The van der Waals surface area contributed by atoms with E-state index < -0.39 is 0 Å². The number of ether oxygens (including phenoxy) is 3. The lowest BCUT2D eigenvalue weighted by Gasteiger charge is -2.34. The molecule has 0 bridgehead atoms. The first kappa shape index (κ1) is 21.8. The highest BCUT2D eigenvalue weighted by molar-refractivity contribution is 5.34. The number of rotatable bonds is 10. The summed E-state index contributed by atoms with van der Waals surface area (Å²) in [6.45, 7) is 4.47. The van der Waals surface area contributed by atoms with E-state index in [4.69, 9.17) is 14.2 Å². The summed E-state index contributed by atoms with van der Waals surface area (Å²) < 4.78 is 17.4. The highest BCUT2D eigenvalue weighted by Crippen LogP contribution is 2.38. The lowest BCUT2D eigenvalue weighted by molar-refractivity contribution is 0.134. The van der Waals surface area contributed by atoms with Crippen molar-refractivity contribution in [1.29, 1.82) is 0 Å². The molecule has 0 N–H and O–H groups in total. The Bertz CT molecular complexity index is 817. The van der Waals surface area contributed by atoms with Crippen LogP contribution in [0.2, 0.25) is 0 Å². The van der Waals surface area contributed by atoms with E-state index in [1.165, 1.54) is 11.1 Å². The van der Waals surface area contributed by atoms with Crippen molar-refractivity contribution < 1.29 is 14.2 Å². The topological polar surface area (TPSA) is 27.7 Å². The average molecular weight is 405 g/mol. The summed E-state index contributed by atoms with van der Waals surface area (Å²) in [5, 5.41) is 0. The van der Waals surface area contributed by atoms with Gasteiger partial charge in [0.1, 0.15) is 23.4 Å². The molecule has 0 amide bonds. The minimum Gasteiger partial charge on any atom is -0.497 e. The normalized spacial score (nSPS) is 13.9. The van der Waals surface area contributed by atoms with E-state index in [1.807, 2.05) is 54.6 Å². The molecule has 3 rings (SSSR count). The molecule has 2 atom stereocenters. The third-order valence-electron chi connectivity index (χ3n) is 5.78. The molecule has 0 spiro atoms. The number of benzene rings is 3. The molecule has 3 aromatic carbocycles. The maximum Gasteiger partial charge on any atom is 0.119 e. The molecule has 0 aromatic heterocycles. The Hall–Kier alpha value is -2.94. The fourth-order valence-corrected chi connectivity index (χ4v) is 4.12. The summed E-state index contributed by atoms with van der Waals surface area (Å²) in [5.41, 5.74) is 2.54. The van der Waals surface area contributed by atoms with Gasteiger partial charge in [0.05, 0.1) is 14.2 Å². The van der Waals surface area contributed by atoms with Gasteiger partial charge in [0.15, 0.2) is 0 Å². The minimum atomic E-state index is 0.00388. The third kappa shape index (κ3) is 5.15. The maximum atomic E-state index is 6.68. The molecule has 0 saturated carbocycles. The summed E-state index contributed by atoms with van der Waals surface area (Å²) in [6, 6.07) is 26.9. The Labute approximate surface area is 180 Å². The second kappa shape index (κ2) is 10.7. The van der Waals surface area contributed by atoms with Gasteiger partial charge in [-0.2, -0.15) is 0 Å². The van der Waals surface area contributed by atoms with Gasteiger partial charge in [-0.25, -0.2) is 0 Å². The van der Waals surface area contributed by atoms with Crippen LogP contribution in [0.5, 0.6) is 17.2 Å². The molecule has 158 valence electrons. The molecule has 0 aliphatic heterocycles. The molecule has 3 nitrogen and oxygen atoms in total. The van der Waals surface area contributed by atoms with Gasteiger partial charge in [0.25, 0.3) is 0 Å². The average Bonchev–Trinajstić information content (AvgIpc) is 2.81. The molecule has 0 heterocycles. The van der Waals surface area contributed by atoms with Gasteiger partial charge in [-0.1, -0.05) is 56.3 Å². The zero-order chi connectivity index (χ0) is 21.3. The first-order valence-electron chi connectivity index (χ1n) is 10.7. The van der Waals surface area contributed by atoms with Crippen LogP contribution < -0.4 is 14.2 Å². The Morgan fingerprint density at radius 2 is 1.00 bits per heavy atom. The van der Waals surface area contributed by atoms with E-state index in [-0.39, 0.29) is 17.9 Å². The molecule has 0 fully saturated rings. The molecular formula is C27H32O3. The SMILES string of the molecule is CCC(c1ccc(OC)cc1)C(Oc1ccccc1)C(CC)c1ccc(OC)cc1. The maximum absolute atomic E-state index is 6.68. The number of methoxy groups -OCH3 is 2. The predicted molar refractivity (Wildman–Crippen MR) is 123 cm³/mol. The van der Waals surface area contributed by atoms with Crippen LogP contribution in [0.25, 0.3) is 0 Å². The van der Waals surface area contributed by atoms with Crippen molar-refractivity contribution in [2.24, 2.45) is 0 Å². The Balaban J connectivity index is 1.99. The largest absolute Gasteiger partial charge is 0.497 e. The number of hydrogen-bond acceptors (Lipinski definition) is 3. The summed E-state index contributed by atoms with van der Waals surface area (Å²) in [4.78, 5) is 0. The lowest BCUT2D eigenvalue weighted by atomic mass is 9.79. The Morgan fingerprint density at radius 3 is 1.37 bits per heavy atom. The van der Waals surface area contributed by atoms with Gasteiger partial charge >= 0.3 is 0 Å². The van der Waals surface area contributed by atoms with Crippen LogP contribution >= 0.6 is 0 Å². The summed E-state index contributed by atoms with van der Waals surface area (Å²) in [5.74, 6) is 3.15. The van der Waals surface area contributed by atoms with Crippen molar-refractivity contribution >= 4 is 0 Å². The van der Waals surface area contributed by atoms with Gasteiger partial charge in [-0.3, -0.25) is 0 Å². The second-order valence-electron chi connectivity index (χ2n) is 7.47. The van der Waals surface area contributed by atoms with Crippen molar-refractivity contribution in [2.75, 3.05) is 14.2 Å². The molecule has 0 aliphatic carbocycles. The monoisotopic (exact) mass is 404 g/mol. The Kier molecular flexibility index (Phi) is 7.78. The fraction of sp³-hybridized carbons (Fsp3) is 0.333. The van der Waals surface area contributed by atoms with Crippen LogP contribution in [0, 0.1) is 0 Å². The zero-order valence-electron chi connectivity index (χ0n) is 18.4. The van der Waals surface area contributed by atoms with Crippen LogP contribution in [0.4, 0.5) is 0 Å². The Morgan fingerprint density at radius 1 is 0.567 bits per heavy atom. The van der Waals surface area contributed by atoms with E-state index in [0.29, 0.717) is 0 Å². The van der Waals surface area contributed by atoms with Gasteiger partial charge in [0, 0.05) is 11.8 Å². The first-order chi connectivity index (χ1) is 14.7. The zero-order valence-corrected chi connectivity index (χ0v) is 18.4. The number of hydrogen-bond donors (Lipinski definition) is 0. The van der Waals surface area contributed by atoms with Crippen LogP contribution in [0.15, 0.2) is 78.9 Å². The van der Waals surface area contributed by atoms with Crippen LogP contribution in [0.1, 0.15) is 49.7 Å². The van der Waals surface area contributed by atoms with Crippen molar-refractivity contribution in [1.82, 2.24) is 0 Å². The highest BCUT2D eigenvalue weighted by atomic mass is 16.5. The van der Waals surface area contributed by atoms with Crippen LogP contribution in [-0.4, -0.2) is 20.3 Å². The van der Waals surface area contributed by atoms with Crippen LogP contribution in [0.3, 0.4) is 0 Å².